The summed E-state index contributed by atoms with van der Waals surface area (Å²) in [5.41, 5.74) is 2.92. The lowest BCUT2D eigenvalue weighted by atomic mass is 9.94. The lowest BCUT2D eigenvalue weighted by molar-refractivity contribution is -0.139. The molecule has 7 heteroatoms. The molecule has 2 N–H and O–H groups in total. The summed E-state index contributed by atoms with van der Waals surface area (Å²) >= 11 is 5.52. The lowest BCUT2D eigenvalue weighted by Gasteiger charge is -2.37. The van der Waals surface area contributed by atoms with E-state index in [0.29, 0.717) is 23.8 Å². The summed E-state index contributed by atoms with van der Waals surface area (Å²) in [5, 5.41) is 6.88. The number of ether oxygens (including phenoxy) is 1. The number of anilines is 1. The van der Waals surface area contributed by atoms with Gasteiger partial charge in [-0.3, -0.25) is 4.79 Å². The molecule has 29 heavy (non-hydrogen) atoms. The number of thiocarbonyl (C=S) groups is 1. The van der Waals surface area contributed by atoms with Gasteiger partial charge in [-0.05, 0) is 63.5 Å². The molecule has 1 amide bonds. The number of allylic oxidation sites excluding steroid dienone is 1. The average molecular weight is 416 g/mol. The van der Waals surface area contributed by atoms with Gasteiger partial charge in [0.25, 0.3) is 0 Å². The molecule has 1 fully saturated rings. The highest BCUT2D eigenvalue weighted by molar-refractivity contribution is 7.80. The van der Waals surface area contributed by atoms with Crippen molar-refractivity contribution >= 4 is 34.9 Å². The van der Waals surface area contributed by atoms with Crippen LogP contribution >= 0.6 is 12.2 Å². The number of nitrogens with one attached hydrogen (secondary N) is 2. The van der Waals surface area contributed by atoms with E-state index in [0.717, 1.165) is 42.6 Å². The Labute approximate surface area is 177 Å². The SMILES string of the molecule is CCOC(=O)C1=C(C)N(CC)C(=S)NC1c1cccc(NC(=O)C2CCCC2)c1. The number of hydrogen-bond donors (Lipinski definition) is 2. The quantitative estimate of drug-likeness (QED) is 0.542. The molecule has 156 valence electrons. The Hall–Kier alpha value is -2.41. The largest absolute Gasteiger partial charge is 0.463 e. The standard InChI is InChI=1S/C22H29N3O3S/c1-4-25-14(3)18(21(27)28-5-2)19(24-22(25)29)16-11-8-12-17(13-16)23-20(26)15-9-6-7-10-15/h8,11-13,15,19H,4-7,9-10H2,1-3H3,(H,23,26)(H,24,29). The monoisotopic (exact) mass is 415 g/mol. The third-order valence-electron chi connectivity index (χ3n) is 5.62. The minimum atomic E-state index is -0.423. The van der Waals surface area contributed by atoms with E-state index in [1.54, 1.807) is 6.92 Å². The first-order valence-corrected chi connectivity index (χ1v) is 10.7. The summed E-state index contributed by atoms with van der Waals surface area (Å²) in [6.45, 7) is 6.63. The maximum absolute atomic E-state index is 12.7. The van der Waals surface area contributed by atoms with Crippen LogP contribution < -0.4 is 10.6 Å². The van der Waals surface area contributed by atoms with Crippen molar-refractivity contribution in [2.45, 2.75) is 52.5 Å². The Kier molecular flexibility index (Phi) is 6.90. The van der Waals surface area contributed by atoms with E-state index in [-0.39, 0.29) is 17.8 Å². The molecule has 1 atom stereocenters. The first-order valence-electron chi connectivity index (χ1n) is 10.3. The van der Waals surface area contributed by atoms with Crippen molar-refractivity contribution in [2.75, 3.05) is 18.5 Å². The van der Waals surface area contributed by atoms with Crippen molar-refractivity contribution in [3.8, 4) is 0 Å². The molecule has 0 bridgehead atoms. The molecule has 3 rings (SSSR count). The molecule has 1 aliphatic carbocycles. The zero-order chi connectivity index (χ0) is 21.0. The number of hydrogen-bond acceptors (Lipinski definition) is 4. The Bertz CT molecular complexity index is 830. The minimum Gasteiger partial charge on any atom is -0.463 e. The molecular weight excluding hydrogens is 386 g/mol. The topological polar surface area (TPSA) is 70.7 Å². The number of amides is 1. The van der Waals surface area contributed by atoms with E-state index in [9.17, 15) is 9.59 Å². The molecule has 1 aliphatic heterocycles. The second-order valence-corrected chi connectivity index (χ2v) is 7.83. The highest BCUT2D eigenvalue weighted by atomic mass is 32.1. The fourth-order valence-electron chi connectivity index (χ4n) is 4.11. The van der Waals surface area contributed by atoms with Gasteiger partial charge in [0.15, 0.2) is 5.11 Å². The van der Waals surface area contributed by atoms with Crippen molar-refractivity contribution in [3.63, 3.8) is 0 Å². The van der Waals surface area contributed by atoms with Crippen LogP contribution in [0.25, 0.3) is 0 Å². The molecule has 0 saturated heterocycles. The van der Waals surface area contributed by atoms with Crippen LogP contribution in [0.4, 0.5) is 5.69 Å². The van der Waals surface area contributed by atoms with Gasteiger partial charge >= 0.3 is 5.97 Å². The van der Waals surface area contributed by atoms with Crippen LogP contribution in [-0.2, 0) is 14.3 Å². The van der Waals surface area contributed by atoms with Gasteiger partial charge in [-0.1, -0.05) is 25.0 Å². The molecular formula is C22H29N3O3S. The van der Waals surface area contributed by atoms with Gasteiger partial charge in [0.1, 0.15) is 0 Å². The van der Waals surface area contributed by atoms with Crippen molar-refractivity contribution < 1.29 is 14.3 Å². The first-order chi connectivity index (χ1) is 14.0. The fourth-order valence-corrected chi connectivity index (χ4v) is 4.50. The van der Waals surface area contributed by atoms with Gasteiger partial charge in [-0.15, -0.1) is 0 Å². The van der Waals surface area contributed by atoms with E-state index in [2.05, 4.69) is 10.6 Å². The molecule has 0 aromatic heterocycles. The Balaban J connectivity index is 1.90. The summed E-state index contributed by atoms with van der Waals surface area (Å²) in [6.07, 6.45) is 4.13. The van der Waals surface area contributed by atoms with E-state index in [4.69, 9.17) is 17.0 Å². The predicted molar refractivity (Wildman–Crippen MR) is 117 cm³/mol. The second kappa shape index (κ2) is 9.39. The van der Waals surface area contributed by atoms with Gasteiger partial charge in [0.2, 0.25) is 5.91 Å². The number of rotatable bonds is 6. The summed E-state index contributed by atoms with van der Waals surface area (Å²) in [5.74, 6) is -0.195. The Morgan fingerprint density at radius 1 is 1.28 bits per heavy atom. The summed E-state index contributed by atoms with van der Waals surface area (Å²) < 4.78 is 5.32. The number of benzene rings is 1. The molecule has 2 aliphatic rings. The van der Waals surface area contributed by atoms with Gasteiger partial charge in [-0.25, -0.2) is 4.79 Å². The van der Waals surface area contributed by atoms with Crippen LogP contribution in [0.2, 0.25) is 0 Å². The maximum Gasteiger partial charge on any atom is 0.338 e. The van der Waals surface area contributed by atoms with Crippen molar-refractivity contribution in [1.29, 1.82) is 0 Å². The van der Waals surface area contributed by atoms with Crippen molar-refractivity contribution in [3.05, 3.63) is 41.1 Å². The highest BCUT2D eigenvalue weighted by Crippen LogP contribution is 2.33. The molecule has 0 radical (unpaired) electrons. The minimum absolute atomic E-state index is 0.0706. The van der Waals surface area contributed by atoms with E-state index in [1.807, 2.05) is 43.0 Å². The predicted octanol–water partition coefficient (Wildman–Crippen LogP) is 3.90. The summed E-state index contributed by atoms with van der Waals surface area (Å²) in [6, 6.07) is 7.17. The first kappa shape index (κ1) is 21.3. The van der Waals surface area contributed by atoms with Crippen LogP contribution in [0.1, 0.15) is 58.1 Å². The van der Waals surface area contributed by atoms with Crippen molar-refractivity contribution in [2.24, 2.45) is 5.92 Å². The molecule has 1 saturated carbocycles. The number of esters is 1. The molecule has 1 aromatic rings. The smallest absolute Gasteiger partial charge is 0.338 e. The number of carbonyl (C=O) groups excluding carboxylic acids is 2. The number of nitrogens with zero attached hydrogens (tertiary/aromatic N) is 1. The highest BCUT2D eigenvalue weighted by Gasteiger charge is 2.34. The molecule has 1 aromatic carbocycles. The third kappa shape index (κ3) is 4.61. The Morgan fingerprint density at radius 2 is 2.00 bits per heavy atom. The van der Waals surface area contributed by atoms with Crippen LogP contribution in [0.3, 0.4) is 0 Å². The zero-order valence-electron chi connectivity index (χ0n) is 17.3. The fraction of sp³-hybridized carbons (Fsp3) is 0.500. The average Bonchev–Trinajstić information content (AvgIpc) is 3.23. The lowest BCUT2D eigenvalue weighted by Crippen LogP contribution is -2.47. The molecule has 6 nitrogen and oxygen atoms in total. The zero-order valence-corrected chi connectivity index (χ0v) is 18.1. The van der Waals surface area contributed by atoms with Gasteiger partial charge in [0, 0.05) is 23.8 Å². The third-order valence-corrected chi connectivity index (χ3v) is 5.96. The number of carbonyl (C=O) groups is 2. The van der Waals surface area contributed by atoms with Crippen LogP contribution in [0.5, 0.6) is 0 Å². The Morgan fingerprint density at radius 3 is 2.66 bits per heavy atom. The summed E-state index contributed by atoms with van der Waals surface area (Å²) in [7, 11) is 0. The summed E-state index contributed by atoms with van der Waals surface area (Å²) in [4.78, 5) is 27.1. The molecule has 0 spiro atoms. The van der Waals surface area contributed by atoms with Crippen molar-refractivity contribution in [1.82, 2.24) is 10.2 Å². The van der Waals surface area contributed by atoms with Gasteiger partial charge in [0.05, 0.1) is 18.2 Å². The molecule has 1 heterocycles. The van der Waals surface area contributed by atoms with Crippen LogP contribution in [-0.4, -0.2) is 35.0 Å². The van der Waals surface area contributed by atoms with Crippen LogP contribution in [0, 0.1) is 5.92 Å². The second-order valence-electron chi connectivity index (χ2n) is 7.44. The van der Waals surface area contributed by atoms with E-state index < -0.39 is 6.04 Å². The van der Waals surface area contributed by atoms with Gasteiger partial charge in [-0.2, -0.15) is 0 Å². The van der Waals surface area contributed by atoms with Crippen LogP contribution in [0.15, 0.2) is 35.5 Å². The molecule has 1 unspecified atom stereocenters. The normalized spacial score (nSPS) is 19.9. The van der Waals surface area contributed by atoms with E-state index in [1.165, 1.54) is 0 Å². The maximum atomic E-state index is 12.7. The van der Waals surface area contributed by atoms with Gasteiger partial charge < -0.3 is 20.3 Å². The van der Waals surface area contributed by atoms with E-state index >= 15 is 0 Å².